The van der Waals surface area contributed by atoms with Crippen molar-refractivity contribution in [3.05, 3.63) is 63.6 Å². The third kappa shape index (κ3) is 5.26. The van der Waals surface area contributed by atoms with Crippen LogP contribution in [0.25, 0.3) is 0 Å². The minimum atomic E-state index is -0.631. The van der Waals surface area contributed by atoms with Crippen LogP contribution in [0, 0.1) is 5.92 Å². The highest BCUT2D eigenvalue weighted by Crippen LogP contribution is 2.34. The zero-order chi connectivity index (χ0) is 25.1. The first-order valence-electron chi connectivity index (χ1n) is 12.6. The molecule has 7 heteroatoms. The molecule has 2 aliphatic heterocycles. The number of benzodiazepines with no additional fused rings is 1. The smallest absolute Gasteiger partial charge is 0.252 e. The Morgan fingerprint density at radius 2 is 1.89 bits per heavy atom. The van der Waals surface area contributed by atoms with E-state index in [1.807, 2.05) is 55.1 Å². The number of amides is 2. The number of hydrogen-bond acceptors (Lipinski definition) is 3. The zero-order valence-electron chi connectivity index (χ0n) is 20.6. The van der Waals surface area contributed by atoms with Crippen molar-refractivity contribution in [3.8, 4) is 0 Å². The standard InChI is InChI=1S/C28H33Cl2N3O2/c1-4-18(3)26-28(35)33(17-25(34)32-15-9-8-10-20(32)5-2)24-14-13-19(29)16-22(24)27(31-26)21-11-6-7-12-23(21)30/h6-7,11-14,16,18,20,26H,4-5,8-10,15,17H2,1-3H3/t18-,20+,26-/m0/s1. The lowest BCUT2D eigenvalue weighted by molar-refractivity contribution is -0.135. The minimum absolute atomic E-state index is 0.0117. The predicted molar refractivity (Wildman–Crippen MR) is 144 cm³/mol. The van der Waals surface area contributed by atoms with Gasteiger partial charge in [0.15, 0.2) is 0 Å². The Kier molecular flexibility index (Phi) is 8.18. The third-order valence-corrected chi connectivity index (χ3v) is 7.88. The molecule has 2 aromatic carbocycles. The van der Waals surface area contributed by atoms with Gasteiger partial charge in [0.05, 0.1) is 11.4 Å². The van der Waals surface area contributed by atoms with Crippen LogP contribution in [-0.2, 0) is 9.59 Å². The van der Waals surface area contributed by atoms with Crippen molar-refractivity contribution in [1.82, 2.24) is 4.90 Å². The number of carbonyl (C=O) groups is 2. The number of aliphatic imine (C=N–C) groups is 1. The van der Waals surface area contributed by atoms with Gasteiger partial charge in [-0.15, -0.1) is 0 Å². The summed E-state index contributed by atoms with van der Waals surface area (Å²) in [4.78, 5) is 36.2. The molecule has 0 radical (unpaired) electrons. The molecule has 0 spiro atoms. The van der Waals surface area contributed by atoms with Crippen molar-refractivity contribution in [1.29, 1.82) is 0 Å². The third-order valence-electron chi connectivity index (χ3n) is 7.32. The minimum Gasteiger partial charge on any atom is -0.338 e. The number of carbonyl (C=O) groups excluding carboxylic acids is 2. The Bertz CT molecular complexity index is 1130. The van der Waals surface area contributed by atoms with Gasteiger partial charge in [0.25, 0.3) is 5.91 Å². The molecule has 0 bridgehead atoms. The molecule has 35 heavy (non-hydrogen) atoms. The van der Waals surface area contributed by atoms with Crippen LogP contribution in [0.3, 0.4) is 0 Å². The van der Waals surface area contributed by atoms with E-state index in [0.29, 0.717) is 27.0 Å². The Labute approximate surface area is 218 Å². The molecule has 1 fully saturated rings. The van der Waals surface area contributed by atoms with Crippen LogP contribution in [0.15, 0.2) is 47.5 Å². The molecular formula is C28H33Cl2N3O2. The summed E-state index contributed by atoms with van der Waals surface area (Å²) in [5, 5.41) is 1.09. The molecule has 0 unspecified atom stereocenters. The first kappa shape index (κ1) is 25.7. The summed E-state index contributed by atoms with van der Waals surface area (Å²) in [5.74, 6) is -0.195. The molecule has 0 N–H and O–H groups in total. The van der Waals surface area contributed by atoms with Crippen LogP contribution in [0.4, 0.5) is 5.69 Å². The van der Waals surface area contributed by atoms with E-state index in [1.165, 1.54) is 0 Å². The second kappa shape index (κ2) is 11.1. The predicted octanol–water partition coefficient (Wildman–Crippen LogP) is 6.38. The normalized spacial score (nSPS) is 21.3. The van der Waals surface area contributed by atoms with Crippen molar-refractivity contribution in [3.63, 3.8) is 0 Å². The summed E-state index contributed by atoms with van der Waals surface area (Å²) in [6.07, 6.45) is 4.84. The maximum absolute atomic E-state index is 14.0. The van der Waals surface area contributed by atoms with Gasteiger partial charge >= 0.3 is 0 Å². The second-order valence-electron chi connectivity index (χ2n) is 9.52. The molecule has 186 valence electrons. The average Bonchev–Trinajstić information content (AvgIpc) is 2.98. The number of hydrogen-bond donors (Lipinski definition) is 0. The van der Waals surface area contributed by atoms with E-state index >= 15 is 0 Å². The number of nitrogens with zero attached hydrogens (tertiary/aromatic N) is 3. The largest absolute Gasteiger partial charge is 0.338 e. The van der Waals surface area contributed by atoms with Crippen molar-refractivity contribution in [2.45, 2.75) is 65.0 Å². The molecule has 1 saturated heterocycles. The fraction of sp³-hybridized carbons (Fsp3) is 0.464. The van der Waals surface area contributed by atoms with Crippen LogP contribution in [0.5, 0.6) is 0 Å². The van der Waals surface area contributed by atoms with Gasteiger partial charge in [0, 0.05) is 33.8 Å². The maximum Gasteiger partial charge on any atom is 0.252 e. The SMILES string of the molecule is CC[C@@H]1CCCCN1C(=O)CN1C(=O)[C@H]([C@@H](C)CC)N=C(c2ccccc2Cl)c2cc(Cl)ccc21. The topological polar surface area (TPSA) is 53.0 Å². The number of likely N-dealkylation sites (tertiary alicyclic amines) is 1. The molecule has 5 nitrogen and oxygen atoms in total. The number of rotatable bonds is 6. The van der Waals surface area contributed by atoms with Crippen molar-refractivity contribution < 1.29 is 9.59 Å². The van der Waals surface area contributed by atoms with Crippen LogP contribution in [0.1, 0.15) is 64.0 Å². The molecule has 0 saturated carbocycles. The van der Waals surface area contributed by atoms with E-state index in [9.17, 15) is 9.59 Å². The Morgan fingerprint density at radius 3 is 2.60 bits per heavy atom. The first-order chi connectivity index (χ1) is 16.8. The molecular weight excluding hydrogens is 481 g/mol. The number of anilines is 1. The summed E-state index contributed by atoms with van der Waals surface area (Å²) in [7, 11) is 0. The first-order valence-corrected chi connectivity index (χ1v) is 13.3. The molecule has 3 atom stereocenters. The lowest BCUT2D eigenvalue weighted by Gasteiger charge is -2.37. The van der Waals surface area contributed by atoms with Gasteiger partial charge in [0.2, 0.25) is 5.91 Å². The summed E-state index contributed by atoms with van der Waals surface area (Å²) in [5.41, 5.74) is 2.73. The van der Waals surface area contributed by atoms with Gasteiger partial charge in [-0.3, -0.25) is 14.6 Å². The van der Waals surface area contributed by atoms with Gasteiger partial charge in [-0.1, -0.05) is 68.6 Å². The molecule has 2 amide bonds. The van der Waals surface area contributed by atoms with E-state index < -0.39 is 6.04 Å². The van der Waals surface area contributed by atoms with Crippen molar-refractivity contribution in [2.24, 2.45) is 10.9 Å². The molecule has 0 aliphatic carbocycles. The molecule has 2 aromatic rings. The van der Waals surface area contributed by atoms with Gasteiger partial charge in [-0.05, 0) is 55.9 Å². The fourth-order valence-electron chi connectivity index (χ4n) is 5.08. The molecule has 4 rings (SSSR count). The van der Waals surface area contributed by atoms with E-state index in [1.54, 1.807) is 11.0 Å². The summed E-state index contributed by atoms with van der Waals surface area (Å²) >= 11 is 13.0. The second-order valence-corrected chi connectivity index (χ2v) is 10.4. The van der Waals surface area contributed by atoms with Crippen molar-refractivity contribution in [2.75, 3.05) is 18.0 Å². The summed E-state index contributed by atoms with van der Waals surface area (Å²) < 4.78 is 0. The molecule has 0 aromatic heterocycles. The highest BCUT2D eigenvalue weighted by atomic mass is 35.5. The van der Waals surface area contributed by atoms with Gasteiger partial charge in [-0.25, -0.2) is 0 Å². The summed E-state index contributed by atoms with van der Waals surface area (Å²) in [6, 6.07) is 12.5. The lowest BCUT2D eigenvalue weighted by Crippen LogP contribution is -2.51. The van der Waals surface area contributed by atoms with Crippen LogP contribution < -0.4 is 4.90 Å². The molecule has 2 heterocycles. The van der Waals surface area contributed by atoms with Gasteiger partial charge in [-0.2, -0.15) is 0 Å². The number of fused-ring (bicyclic) bond motifs is 1. The monoisotopic (exact) mass is 513 g/mol. The quantitative estimate of drug-likeness (QED) is 0.449. The number of halogens is 2. The van der Waals surface area contributed by atoms with Gasteiger partial charge < -0.3 is 9.80 Å². The van der Waals surface area contributed by atoms with Crippen LogP contribution in [-0.4, -0.2) is 47.6 Å². The highest BCUT2D eigenvalue weighted by Gasteiger charge is 2.37. The highest BCUT2D eigenvalue weighted by molar-refractivity contribution is 6.37. The number of benzene rings is 2. The Hall–Kier alpha value is -2.37. The van der Waals surface area contributed by atoms with Crippen molar-refractivity contribution >= 4 is 46.4 Å². The van der Waals surface area contributed by atoms with E-state index in [4.69, 9.17) is 28.2 Å². The fourth-order valence-corrected chi connectivity index (χ4v) is 5.48. The summed E-state index contributed by atoms with van der Waals surface area (Å²) in [6.45, 7) is 6.92. The lowest BCUT2D eigenvalue weighted by atomic mass is 9.97. The van der Waals surface area contributed by atoms with Crippen LogP contribution in [0.2, 0.25) is 10.0 Å². The average molecular weight is 514 g/mol. The zero-order valence-corrected chi connectivity index (χ0v) is 22.1. The van der Waals surface area contributed by atoms with Gasteiger partial charge in [0.1, 0.15) is 12.6 Å². The number of piperidine rings is 1. The maximum atomic E-state index is 14.0. The Balaban J connectivity index is 1.83. The van der Waals surface area contributed by atoms with E-state index in [-0.39, 0.29) is 30.3 Å². The van der Waals surface area contributed by atoms with Crippen LogP contribution >= 0.6 is 23.2 Å². The Morgan fingerprint density at radius 1 is 1.11 bits per heavy atom. The van der Waals surface area contributed by atoms with E-state index in [2.05, 4.69) is 6.92 Å². The molecule has 2 aliphatic rings. The van der Waals surface area contributed by atoms with E-state index in [0.717, 1.165) is 44.2 Å².